The van der Waals surface area contributed by atoms with E-state index in [1.807, 2.05) is 17.5 Å². The molecule has 9 nitrogen and oxygen atoms in total. The zero-order chi connectivity index (χ0) is 20.0. The van der Waals surface area contributed by atoms with Gasteiger partial charge in [0.25, 0.3) is 11.6 Å². The molecule has 3 N–H and O–H groups in total. The lowest BCUT2D eigenvalue weighted by molar-refractivity contribution is -0.384. The van der Waals surface area contributed by atoms with E-state index in [0.29, 0.717) is 24.4 Å². The molecule has 28 heavy (non-hydrogen) atoms. The molecule has 1 fully saturated rings. The Bertz CT molecular complexity index is 986. The minimum absolute atomic E-state index is 0.132. The third-order valence-electron chi connectivity index (χ3n) is 4.87. The van der Waals surface area contributed by atoms with Gasteiger partial charge in [-0.25, -0.2) is 10.0 Å². The van der Waals surface area contributed by atoms with Crippen molar-refractivity contribution in [1.82, 2.24) is 10.0 Å². The van der Waals surface area contributed by atoms with Crippen molar-refractivity contribution in [2.24, 2.45) is 5.73 Å². The number of benzene rings is 1. The molecule has 3 heterocycles. The number of non-ortho nitro benzene ring substituents is 1. The Hall–Kier alpha value is -3.08. The highest BCUT2D eigenvalue weighted by atomic mass is 32.1. The number of carboxylic acids is 1. The summed E-state index contributed by atoms with van der Waals surface area (Å²) in [6.07, 6.45) is 0. The van der Waals surface area contributed by atoms with E-state index in [2.05, 4.69) is 0 Å². The third-order valence-corrected chi connectivity index (χ3v) is 5.80. The highest BCUT2D eigenvalue weighted by molar-refractivity contribution is 7.11. The lowest BCUT2D eigenvalue weighted by atomic mass is 9.92. The quantitative estimate of drug-likeness (QED) is 0.576. The second-order valence-corrected chi connectivity index (χ2v) is 7.51. The van der Waals surface area contributed by atoms with Crippen molar-refractivity contribution in [1.29, 1.82) is 0 Å². The fourth-order valence-electron chi connectivity index (χ4n) is 3.64. The van der Waals surface area contributed by atoms with Crippen LogP contribution in [0.25, 0.3) is 5.57 Å². The highest BCUT2D eigenvalue weighted by Crippen LogP contribution is 2.43. The first kappa shape index (κ1) is 18.3. The van der Waals surface area contributed by atoms with Crippen LogP contribution in [0, 0.1) is 10.1 Å². The number of nitrogens with two attached hydrogens (primary N) is 1. The lowest BCUT2D eigenvalue weighted by Crippen LogP contribution is -2.38. The predicted octanol–water partition coefficient (Wildman–Crippen LogP) is 1.64. The highest BCUT2D eigenvalue weighted by Gasteiger charge is 2.48. The molecule has 1 saturated heterocycles. The standard InChI is InChI=1S/C18H16N4O5S/c19-13-9-20-8-12(14-2-1-7-28-14)16(21(20)17(13)23)15(18(24)25)10-3-5-11(6-4-10)22(26)27/h1-7,13,15H,8-9,19H2,(H,24,25)/t13-,15?/m0/s1. The Balaban J connectivity index is 1.86. The van der Waals surface area contributed by atoms with Crippen molar-refractivity contribution in [3.63, 3.8) is 0 Å². The van der Waals surface area contributed by atoms with E-state index in [0.717, 1.165) is 10.5 Å². The number of thiophene rings is 1. The van der Waals surface area contributed by atoms with E-state index in [9.17, 15) is 24.8 Å². The van der Waals surface area contributed by atoms with E-state index < -0.39 is 22.9 Å². The monoisotopic (exact) mass is 400 g/mol. The smallest absolute Gasteiger partial charge is 0.317 e. The molecular formula is C18H16N4O5S. The number of amides is 1. The van der Waals surface area contributed by atoms with E-state index in [-0.39, 0.29) is 11.6 Å². The van der Waals surface area contributed by atoms with Crippen LogP contribution in [0.5, 0.6) is 0 Å². The van der Waals surface area contributed by atoms with Crippen LogP contribution in [0.1, 0.15) is 16.4 Å². The van der Waals surface area contributed by atoms with Gasteiger partial charge in [0.1, 0.15) is 12.0 Å². The van der Waals surface area contributed by atoms with Crippen molar-refractivity contribution in [3.8, 4) is 0 Å². The van der Waals surface area contributed by atoms with Crippen LogP contribution in [0.15, 0.2) is 47.5 Å². The van der Waals surface area contributed by atoms with Crippen LogP contribution >= 0.6 is 11.3 Å². The summed E-state index contributed by atoms with van der Waals surface area (Å²) in [5, 5.41) is 25.9. The van der Waals surface area contributed by atoms with Crippen LogP contribution in [0.4, 0.5) is 5.69 Å². The van der Waals surface area contributed by atoms with Gasteiger partial charge >= 0.3 is 5.97 Å². The first-order valence-corrected chi connectivity index (χ1v) is 9.35. The minimum atomic E-state index is -1.16. The van der Waals surface area contributed by atoms with Gasteiger partial charge in [0, 0.05) is 35.7 Å². The lowest BCUT2D eigenvalue weighted by Gasteiger charge is -2.26. The molecule has 2 aliphatic heterocycles. The number of carboxylic acid groups (broad SMARTS) is 1. The molecule has 0 saturated carbocycles. The van der Waals surface area contributed by atoms with Gasteiger partial charge < -0.3 is 10.8 Å². The molecule has 2 atom stereocenters. The molecule has 0 spiro atoms. The number of rotatable bonds is 5. The number of hydrazine groups is 1. The van der Waals surface area contributed by atoms with Crippen LogP contribution in [0.3, 0.4) is 0 Å². The molecule has 144 valence electrons. The Kier molecular flexibility index (Phi) is 4.46. The maximum atomic E-state index is 12.7. The van der Waals surface area contributed by atoms with E-state index in [4.69, 9.17) is 5.73 Å². The molecule has 1 amide bonds. The summed E-state index contributed by atoms with van der Waals surface area (Å²) in [5.41, 5.74) is 7.21. The van der Waals surface area contributed by atoms with Crippen molar-refractivity contribution in [2.75, 3.05) is 13.1 Å². The number of nitro benzene ring substituents is 1. The summed E-state index contributed by atoms with van der Waals surface area (Å²) in [5.74, 6) is -2.65. The minimum Gasteiger partial charge on any atom is -0.480 e. The van der Waals surface area contributed by atoms with Gasteiger partial charge in [-0.15, -0.1) is 11.3 Å². The number of hydrogen-bond acceptors (Lipinski definition) is 7. The van der Waals surface area contributed by atoms with Crippen molar-refractivity contribution < 1.29 is 19.6 Å². The normalized spacial score (nSPS) is 20.5. The molecule has 1 unspecified atom stereocenters. The zero-order valence-corrected chi connectivity index (χ0v) is 15.3. The number of nitrogens with zero attached hydrogens (tertiary/aromatic N) is 3. The molecule has 1 aromatic heterocycles. The van der Waals surface area contributed by atoms with E-state index >= 15 is 0 Å². The largest absolute Gasteiger partial charge is 0.480 e. The molecular weight excluding hydrogens is 384 g/mol. The molecule has 2 aromatic rings. The van der Waals surface area contributed by atoms with Gasteiger partial charge in [0.15, 0.2) is 0 Å². The van der Waals surface area contributed by atoms with Gasteiger partial charge in [0.2, 0.25) is 0 Å². The predicted molar refractivity (Wildman–Crippen MR) is 101 cm³/mol. The summed E-state index contributed by atoms with van der Waals surface area (Å²) in [4.78, 5) is 36.2. The van der Waals surface area contributed by atoms with Gasteiger partial charge in [-0.2, -0.15) is 0 Å². The summed E-state index contributed by atoms with van der Waals surface area (Å²) in [6.45, 7) is 0.690. The molecule has 10 heteroatoms. The van der Waals surface area contributed by atoms with Crippen LogP contribution < -0.4 is 5.73 Å². The average Bonchev–Trinajstić information content (AvgIpc) is 3.35. The van der Waals surface area contributed by atoms with Crippen LogP contribution in [-0.2, 0) is 9.59 Å². The first-order valence-electron chi connectivity index (χ1n) is 8.47. The SMILES string of the molecule is N[C@H]1CN2CC(c3cccs3)=C(C(C(=O)O)c3ccc([N+](=O)[O-])cc3)N2C1=O. The molecule has 0 bridgehead atoms. The second-order valence-electron chi connectivity index (χ2n) is 6.56. The Morgan fingerprint density at radius 2 is 2.04 bits per heavy atom. The fourth-order valence-corrected chi connectivity index (χ4v) is 4.41. The number of carbonyl (C=O) groups is 2. The summed E-state index contributed by atoms with van der Waals surface area (Å²) >= 11 is 1.46. The zero-order valence-electron chi connectivity index (χ0n) is 14.5. The number of carbonyl (C=O) groups excluding carboxylic acids is 1. The van der Waals surface area contributed by atoms with Crippen molar-refractivity contribution >= 4 is 34.5 Å². The summed E-state index contributed by atoms with van der Waals surface area (Å²) in [6, 6.07) is 8.38. The second kappa shape index (κ2) is 6.82. The summed E-state index contributed by atoms with van der Waals surface area (Å²) in [7, 11) is 0. The maximum Gasteiger partial charge on any atom is 0.317 e. The number of aliphatic carboxylic acids is 1. The van der Waals surface area contributed by atoms with Crippen LogP contribution in [-0.4, -0.2) is 51.1 Å². The maximum absolute atomic E-state index is 12.7. The van der Waals surface area contributed by atoms with Gasteiger partial charge in [-0.1, -0.05) is 18.2 Å². The van der Waals surface area contributed by atoms with E-state index in [1.165, 1.54) is 40.6 Å². The van der Waals surface area contributed by atoms with Crippen LogP contribution in [0.2, 0.25) is 0 Å². The first-order chi connectivity index (χ1) is 13.4. The Morgan fingerprint density at radius 1 is 1.32 bits per heavy atom. The van der Waals surface area contributed by atoms with Gasteiger partial charge in [-0.3, -0.25) is 19.7 Å². The van der Waals surface area contributed by atoms with Gasteiger partial charge in [0.05, 0.1) is 10.6 Å². The summed E-state index contributed by atoms with van der Waals surface area (Å²) < 4.78 is 0. The fraction of sp³-hybridized carbons (Fsp3) is 0.222. The molecule has 1 aromatic carbocycles. The third kappa shape index (κ3) is 2.87. The molecule has 0 radical (unpaired) electrons. The number of fused-ring (bicyclic) bond motifs is 1. The van der Waals surface area contributed by atoms with Crippen molar-refractivity contribution in [3.05, 3.63) is 68.0 Å². The van der Waals surface area contributed by atoms with Crippen molar-refractivity contribution in [2.45, 2.75) is 12.0 Å². The van der Waals surface area contributed by atoms with E-state index in [1.54, 1.807) is 5.01 Å². The number of hydrogen-bond donors (Lipinski definition) is 2. The molecule has 2 aliphatic rings. The molecule has 0 aliphatic carbocycles. The van der Waals surface area contributed by atoms with Gasteiger partial charge in [-0.05, 0) is 17.0 Å². The molecule has 4 rings (SSSR count). The number of nitro groups is 1. The topological polar surface area (TPSA) is 130 Å². The Morgan fingerprint density at radius 3 is 2.61 bits per heavy atom. The Labute approximate surface area is 163 Å². The average molecular weight is 400 g/mol.